The number of hydrogen-bond acceptors (Lipinski definition) is 6. The average Bonchev–Trinajstić information content (AvgIpc) is 3.20. The molecule has 1 fully saturated rings. The minimum absolute atomic E-state index is 0.00140. The summed E-state index contributed by atoms with van der Waals surface area (Å²) < 4.78 is 18.6. The number of amides is 1. The highest BCUT2D eigenvalue weighted by Gasteiger charge is 2.36. The molecule has 3 aromatic rings. The summed E-state index contributed by atoms with van der Waals surface area (Å²) in [4.78, 5) is 20.4. The zero-order valence-corrected chi connectivity index (χ0v) is 18.4. The highest BCUT2D eigenvalue weighted by Crippen LogP contribution is 2.42. The van der Waals surface area contributed by atoms with Gasteiger partial charge in [0.05, 0.1) is 50.1 Å². The van der Waals surface area contributed by atoms with E-state index in [4.69, 9.17) is 19.2 Å². The second kappa shape index (κ2) is 8.20. The fraction of sp³-hybridized carbons (Fsp3) is 0.333. The summed E-state index contributed by atoms with van der Waals surface area (Å²) in [7, 11) is 3.23. The Morgan fingerprint density at radius 1 is 1.09 bits per heavy atom. The molecule has 32 heavy (non-hydrogen) atoms. The zero-order chi connectivity index (χ0) is 22.2. The van der Waals surface area contributed by atoms with Gasteiger partial charge in [-0.15, -0.1) is 0 Å². The number of carbonyl (C=O) groups is 1. The number of methoxy groups -OCH3 is 2. The SMILES string of the molecule is COc1ccc([C@H]2C(C(=O)N3CCOCC3)=C(C)Nc3nc4ccccc4n32)cc1OC. The summed E-state index contributed by atoms with van der Waals surface area (Å²) in [5, 5.41) is 3.37. The first-order chi connectivity index (χ1) is 15.6. The van der Waals surface area contributed by atoms with Crippen LogP contribution in [0.25, 0.3) is 11.0 Å². The van der Waals surface area contributed by atoms with Crippen molar-refractivity contribution in [2.75, 3.05) is 45.8 Å². The molecule has 8 nitrogen and oxygen atoms in total. The van der Waals surface area contributed by atoms with Gasteiger partial charge in [0.15, 0.2) is 11.5 Å². The number of carbonyl (C=O) groups excluding carboxylic acids is 1. The first-order valence-corrected chi connectivity index (χ1v) is 10.7. The fourth-order valence-electron chi connectivity index (χ4n) is 4.52. The maximum Gasteiger partial charge on any atom is 0.254 e. The van der Waals surface area contributed by atoms with Crippen LogP contribution in [-0.2, 0) is 9.53 Å². The van der Waals surface area contributed by atoms with E-state index < -0.39 is 0 Å². The van der Waals surface area contributed by atoms with Crippen LogP contribution >= 0.6 is 0 Å². The topological polar surface area (TPSA) is 77.9 Å². The van der Waals surface area contributed by atoms with Crippen molar-refractivity contribution in [2.24, 2.45) is 0 Å². The average molecular weight is 434 g/mol. The van der Waals surface area contributed by atoms with Gasteiger partial charge in [0.2, 0.25) is 5.95 Å². The van der Waals surface area contributed by atoms with Crippen LogP contribution in [0.15, 0.2) is 53.7 Å². The highest BCUT2D eigenvalue weighted by atomic mass is 16.5. The number of ether oxygens (including phenoxy) is 3. The number of morpholine rings is 1. The molecule has 0 spiro atoms. The van der Waals surface area contributed by atoms with Crippen LogP contribution in [0.1, 0.15) is 18.5 Å². The third-order valence-electron chi connectivity index (χ3n) is 6.08. The number of nitrogens with one attached hydrogen (secondary N) is 1. The second-order valence-corrected chi connectivity index (χ2v) is 7.88. The van der Waals surface area contributed by atoms with E-state index in [9.17, 15) is 4.79 Å². The molecule has 0 aliphatic carbocycles. The Morgan fingerprint density at radius 2 is 1.84 bits per heavy atom. The van der Waals surface area contributed by atoms with E-state index in [0.717, 1.165) is 22.3 Å². The number of rotatable bonds is 4. The maximum atomic E-state index is 13.8. The van der Waals surface area contributed by atoms with Crippen LogP contribution in [-0.4, -0.2) is 60.9 Å². The van der Waals surface area contributed by atoms with Crippen molar-refractivity contribution in [3.8, 4) is 11.5 Å². The normalized spacial score (nSPS) is 18.3. The van der Waals surface area contributed by atoms with E-state index in [2.05, 4.69) is 9.88 Å². The Bertz CT molecular complexity index is 1210. The number of imidazole rings is 1. The summed E-state index contributed by atoms with van der Waals surface area (Å²) in [5.41, 5.74) is 4.23. The van der Waals surface area contributed by atoms with Gasteiger partial charge in [-0.05, 0) is 36.8 Å². The van der Waals surface area contributed by atoms with Crippen molar-refractivity contribution in [1.82, 2.24) is 14.5 Å². The van der Waals surface area contributed by atoms with Gasteiger partial charge in [-0.1, -0.05) is 18.2 Å². The lowest BCUT2D eigenvalue weighted by Crippen LogP contribution is -2.44. The molecule has 1 amide bonds. The van der Waals surface area contributed by atoms with Crippen LogP contribution in [0, 0.1) is 0 Å². The van der Waals surface area contributed by atoms with E-state index in [-0.39, 0.29) is 11.9 Å². The van der Waals surface area contributed by atoms with Gasteiger partial charge < -0.3 is 24.4 Å². The summed E-state index contributed by atoms with van der Waals surface area (Å²) in [6.45, 7) is 4.18. The summed E-state index contributed by atoms with van der Waals surface area (Å²) in [6, 6.07) is 13.4. The quantitative estimate of drug-likeness (QED) is 0.680. The minimum atomic E-state index is -0.367. The van der Waals surface area contributed by atoms with Gasteiger partial charge in [-0.25, -0.2) is 4.98 Å². The lowest BCUT2D eigenvalue weighted by molar-refractivity contribution is -0.131. The van der Waals surface area contributed by atoms with Crippen molar-refractivity contribution in [3.05, 3.63) is 59.3 Å². The first-order valence-electron chi connectivity index (χ1n) is 10.7. The Labute approximate surface area is 186 Å². The van der Waals surface area contributed by atoms with E-state index in [1.165, 1.54) is 0 Å². The highest BCUT2D eigenvalue weighted by molar-refractivity contribution is 5.98. The summed E-state index contributed by atoms with van der Waals surface area (Å²) in [6.07, 6.45) is 0. The molecule has 5 rings (SSSR count). The third-order valence-corrected chi connectivity index (χ3v) is 6.08. The van der Waals surface area contributed by atoms with E-state index in [0.29, 0.717) is 49.3 Å². The molecule has 8 heteroatoms. The molecule has 1 atom stereocenters. The predicted molar refractivity (Wildman–Crippen MR) is 121 cm³/mol. The van der Waals surface area contributed by atoms with Gasteiger partial charge in [0.25, 0.3) is 5.91 Å². The van der Waals surface area contributed by atoms with Crippen LogP contribution in [0.4, 0.5) is 5.95 Å². The number of aromatic nitrogens is 2. The third kappa shape index (κ3) is 3.27. The molecule has 2 aromatic carbocycles. The molecule has 3 heterocycles. The number of fused-ring (bicyclic) bond motifs is 3. The monoisotopic (exact) mass is 434 g/mol. The van der Waals surface area contributed by atoms with Crippen LogP contribution in [0.2, 0.25) is 0 Å². The second-order valence-electron chi connectivity index (χ2n) is 7.88. The Hall–Kier alpha value is -3.52. The van der Waals surface area contributed by atoms with Crippen molar-refractivity contribution < 1.29 is 19.0 Å². The molecule has 2 aliphatic heterocycles. The standard InChI is InChI=1S/C24H26N4O4/c1-15-21(23(29)27-10-12-32-13-11-27)22(16-8-9-19(30-2)20(14-16)31-3)28-18-7-5-4-6-17(18)26-24(28)25-15/h4-9,14,22H,10-13H2,1-3H3,(H,25,26)/t22-/m0/s1. The zero-order valence-electron chi connectivity index (χ0n) is 18.4. The number of allylic oxidation sites excluding steroid dienone is 1. The first kappa shape index (κ1) is 20.4. The van der Waals surface area contributed by atoms with Gasteiger partial charge >= 0.3 is 0 Å². The molecule has 0 radical (unpaired) electrons. The van der Waals surface area contributed by atoms with Crippen LogP contribution in [0.5, 0.6) is 11.5 Å². The minimum Gasteiger partial charge on any atom is -0.493 e. The van der Waals surface area contributed by atoms with Crippen LogP contribution in [0.3, 0.4) is 0 Å². The van der Waals surface area contributed by atoms with Crippen LogP contribution < -0.4 is 14.8 Å². The number of para-hydroxylation sites is 2. The van der Waals surface area contributed by atoms with Gasteiger partial charge in [0, 0.05) is 18.8 Å². The lowest BCUT2D eigenvalue weighted by Gasteiger charge is -2.35. The van der Waals surface area contributed by atoms with E-state index in [1.54, 1.807) is 14.2 Å². The Kier molecular flexibility index (Phi) is 5.22. The molecule has 1 saturated heterocycles. The number of benzene rings is 2. The van der Waals surface area contributed by atoms with Gasteiger partial charge in [-0.2, -0.15) is 0 Å². The largest absolute Gasteiger partial charge is 0.493 e. The molecule has 0 unspecified atom stereocenters. The Balaban J connectivity index is 1.71. The van der Waals surface area contributed by atoms with Crippen molar-refractivity contribution >= 4 is 22.9 Å². The fourth-order valence-corrected chi connectivity index (χ4v) is 4.52. The molecule has 2 aliphatic rings. The molecule has 1 aromatic heterocycles. The lowest BCUT2D eigenvalue weighted by atomic mass is 9.93. The number of hydrogen-bond donors (Lipinski definition) is 1. The summed E-state index contributed by atoms with van der Waals surface area (Å²) in [5.74, 6) is 1.97. The molecular weight excluding hydrogens is 408 g/mol. The Morgan fingerprint density at radius 3 is 2.59 bits per heavy atom. The van der Waals surface area contributed by atoms with Crippen molar-refractivity contribution in [1.29, 1.82) is 0 Å². The number of nitrogens with zero attached hydrogens (tertiary/aromatic N) is 3. The van der Waals surface area contributed by atoms with E-state index in [1.807, 2.05) is 54.3 Å². The van der Waals surface area contributed by atoms with E-state index >= 15 is 0 Å². The van der Waals surface area contributed by atoms with Gasteiger partial charge in [-0.3, -0.25) is 9.36 Å². The molecule has 0 saturated carbocycles. The predicted octanol–water partition coefficient (Wildman–Crippen LogP) is 3.20. The van der Waals surface area contributed by atoms with Crippen molar-refractivity contribution in [3.63, 3.8) is 0 Å². The molecular formula is C24H26N4O4. The maximum absolute atomic E-state index is 13.8. The van der Waals surface area contributed by atoms with Crippen molar-refractivity contribution in [2.45, 2.75) is 13.0 Å². The summed E-state index contributed by atoms with van der Waals surface area (Å²) >= 11 is 0. The number of anilines is 1. The van der Waals surface area contributed by atoms with Gasteiger partial charge in [0.1, 0.15) is 0 Å². The smallest absolute Gasteiger partial charge is 0.254 e. The molecule has 0 bridgehead atoms. The molecule has 1 N–H and O–H groups in total. The molecule has 166 valence electrons.